The second-order valence-electron chi connectivity index (χ2n) is 7.41. The van der Waals surface area contributed by atoms with Crippen LogP contribution in [0.25, 0.3) is 0 Å². The maximum Gasteiger partial charge on any atom is 0.308 e. The largest absolute Gasteiger partial charge is 0.492 e. The van der Waals surface area contributed by atoms with Crippen LogP contribution < -0.4 is 9.64 Å². The van der Waals surface area contributed by atoms with E-state index in [9.17, 15) is 4.79 Å². The molecule has 0 amide bonds. The number of ether oxygens (including phenoxy) is 2. The minimum atomic E-state index is -0.251. The van der Waals surface area contributed by atoms with Gasteiger partial charge in [-0.1, -0.05) is 38.0 Å². The predicted octanol–water partition coefficient (Wildman–Crippen LogP) is 6.40. The van der Waals surface area contributed by atoms with E-state index in [2.05, 4.69) is 60.5 Å². The molecule has 0 N–H and O–H groups in total. The van der Waals surface area contributed by atoms with Crippen molar-refractivity contribution in [1.82, 2.24) is 0 Å². The van der Waals surface area contributed by atoms with Crippen LogP contribution in [0.4, 0.5) is 11.4 Å². The fourth-order valence-corrected chi connectivity index (χ4v) is 5.36. The summed E-state index contributed by atoms with van der Waals surface area (Å²) in [6.45, 7) is 3.61. The van der Waals surface area contributed by atoms with Crippen molar-refractivity contribution < 1.29 is 14.3 Å². The van der Waals surface area contributed by atoms with Crippen molar-refractivity contribution in [2.45, 2.75) is 42.4 Å². The number of nitrogens with zero attached hydrogens (tertiary/aromatic N) is 1. The number of esters is 1. The molecule has 0 bridgehead atoms. The van der Waals surface area contributed by atoms with Gasteiger partial charge >= 0.3 is 5.97 Å². The third kappa shape index (κ3) is 5.88. The molecule has 0 aromatic heterocycles. The first-order valence-electron chi connectivity index (χ1n) is 10.5. The molecule has 6 heteroatoms. The first-order chi connectivity index (χ1) is 14.7. The van der Waals surface area contributed by atoms with Crippen LogP contribution in [0.1, 0.15) is 32.6 Å². The average Bonchev–Trinajstić information content (AvgIpc) is 2.96. The van der Waals surface area contributed by atoms with E-state index < -0.39 is 0 Å². The smallest absolute Gasteiger partial charge is 0.308 e. The summed E-state index contributed by atoms with van der Waals surface area (Å²) in [6.07, 6.45) is 6.06. The highest BCUT2D eigenvalue weighted by atomic mass is 32.2. The molecule has 2 aromatic rings. The quantitative estimate of drug-likeness (QED) is 0.328. The summed E-state index contributed by atoms with van der Waals surface area (Å²) in [7, 11) is 1.40. The lowest BCUT2D eigenvalue weighted by atomic mass is 10.0. The van der Waals surface area contributed by atoms with Gasteiger partial charge in [0.1, 0.15) is 5.75 Å². The standard InChI is InChI=1S/C24H31NO3S2/c1-4-5-9-18-16-25(19-10-7-6-8-11-19)20-14-23(29-3)21(15-22(20)30-17-18)28-13-12-24(26)27-2/h6-8,10-11,14-15,18H,4-5,9,12-13,16-17H2,1-3H3. The number of unbranched alkanes of at least 4 members (excludes halogenated alkanes) is 1. The summed E-state index contributed by atoms with van der Waals surface area (Å²) in [5.41, 5.74) is 2.48. The van der Waals surface area contributed by atoms with Crippen LogP contribution in [0.5, 0.6) is 5.75 Å². The van der Waals surface area contributed by atoms with Gasteiger partial charge in [0.05, 0.1) is 30.7 Å². The van der Waals surface area contributed by atoms with E-state index in [4.69, 9.17) is 9.47 Å². The van der Waals surface area contributed by atoms with Gasteiger partial charge in [-0.15, -0.1) is 23.5 Å². The van der Waals surface area contributed by atoms with E-state index in [-0.39, 0.29) is 12.4 Å². The van der Waals surface area contributed by atoms with Crippen LogP contribution in [0.3, 0.4) is 0 Å². The summed E-state index contributed by atoms with van der Waals surface area (Å²) in [4.78, 5) is 16.2. The molecule has 162 valence electrons. The van der Waals surface area contributed by atoms with Gasteiger partial charge in [0.2, 0.25) is 0 Å². The van der Waals surface area contributed by atoms with Crippen LogP contribution in [-0.2, 0) is 9.53 Å². The molecular weight excluding hydrogens is 414 g/mol. The molecule has 1 heterocycles. The fraction of sp³-hybridized carbons (Fsp3) is 0.458. The number of thioether (sulfide) groups is 2. The second-order valence-corrected chi connectivity index (χ2v) is 9.32. The van der Waals surface area contributed by atoms with Crippen molar-refractivity contribution >= 4 is 40.9 Å². The molecule has 0 saturated heterocycles. The number of carbonyl (C=O) groups excluding carboxylic acids is 1. The number of benzene rings is 2. The molecule has 4 nitrogen and oxygen atoms in total. The number of anilines is 2. The average molecular weight is 446 g/mol. The molecule has 1 unspecified atom stereocenters. The van der Waals surface area contributed by atoms with E-state index >= 15 is 0 Å². The zero-order valence-electron chi connectivity index (χ0n) is 18.1. The predicted molar refractivity (Wildman–Crippen MR) is 128 cm³/mol. The minimum Gasteiger partial charge on any atom is -0.492 e. The van der Waals surface area contributed by atoms with E-state index in [1.54, 1.807) is 11.8 Å². The highest BCUT2D eigenvalue weighted by Crippen LogP contribution is 2.45. The lowest BCUT2D eigenvalue weighted by Crippen LogP contribution is -2.25. The molecule has 1 aliphatic rings. The van der Waals surface area contributed by atoms with Crippen LogP contribution in [0.15, 0.2) is 52.3 Å². The Morgan fingerprint density at radius 1 is 1.27 bits per heavy atom. The normalized spacial score (nSPS) is 16.0. The maximum atomic E-state index is 11.4. The summed E-state index contributed by atoms with van der Waals surface area (Å²) in [5.74, 6) is 2.34. The Kier molecular flexibility index (Phi) is 8.82. The number of rotatable bonds is 9. The van der Waals surface area contributed by atoms with Gasteiger partial charge in [-0.05, 0) is 42.9 Å². The Morgan fingerprint density at radius 2 is 2.07 bits per heavy atom. The molecule has 0 fully saturated rings. The second kappa shape index (κ2) is 11.6. The summed E-state index contributed by atoms with van der Waals surface area (Å²) in [6, 6.07) is 15.1. The van der Waals surface area contributed by atoms with E-state index in [1.807, 2.05) is 11.8 Å². The molecule has 30 heavy (non-hydrogen) atoms. The first kappa shape index (κ1) is 22.9. The topological polar surface area (TPSA) is 38.8 Å². The van der Waals surface area contributed by atoms with Gasteiger partial charge in [0.25, 0.3) is 0 Å². The minimum absolute atomic E-state index is 0.251. The summed E-state index contributed by atoms with van der Waals surface area (Å²) >= 11 is 3.60. The lowest BCUT2D eigenvalue weighted by Gasteiger charge is -2.28. The molecule has 0 spiro atoms. The lowest BCUT2D eigenvalue weighted by molar-refractivity contribution is -0.141. The highest BCUT2D eigenvalue weighted by Gasteiger charge is 2.25. The van der Waals surface area contributed by atoms with Crippen LogP contribution in [-0.4, -0.2) is 38.2 Å². The van der Waals surface area contributed by atoms with Crippen molar-refractivity contribution in [1.29, 1.82) is 0 Å². The van der Waals surface area contributed by atoms with Gasteiger partial charge in [-0.3, -0.25) is 4.79 Å². The SMILES string of the molecule is CCCCC1CSc2cc(OCCC(=O)OC)c(SC)cc2N(c2ccccc2)C1. The van der Waals surface area contributed by atoms with E-state index in [0.29, 0.717) is 12.5 Å². The van der Waals surface area contributed by atoms with Crippen LogP contribution in [0.2, 0.25) is 0 Å². The fourth-order valence-electron chi connectivity index (χ4n) is 3.61. The monoisotopic (exact) mass is 445 g/mol. The van der Waals surface area contributed by atoms with Crippen molar-refractivity contribution in [3.63, 3.8) is 0 Å². The number of fused-ring (bicyclic) bond motifs is 1. The highest BCUT2D eigenvalue weighted by molar-refractivity contribution is 7.99. The molecule has 3 rings (SSSR count). The van der Waals surface area contributed by atoms with E-state index in [1.165, 1.54) is 42.6 Å². The van der Waals surface area contributed by atoms with Crippen LogP contribution in [0, 0.1) is 5.92 Å². The number of carbonyl (C=O) groups is 1. The van der Waals surface area contributed by atoms with Gasteiger partial charge in [0, 0.05) is 22.9 Å². The molecule has 0 aliphatic carbocycles. The molecule has 0 radical (unpaired) electrons. The number of para-hydroxylation sites is 1. The number of methoxy groups -OCH3 is 1. The molecular formula is C24H31NO3S2. The van der Waals surface area contributed by atoms with Gasteiger partial charge in [-0.2, -0.15) is 0 Å². The van der Waals surface area contributed by atoms with Gasteiger partial charge in [0.15, 0.2) is 0 Å². The van der Waals surface area contributed by atoms with E-state index in [0.717, 1.165) is 22.9 Å². The Bertz CT molecular complexity index is 829. The van der Waals surface area contributed by atoms with Crippen LogP contribution >= 0.6 is 23.5 Å². The summed E-state index contributed by atoms with van der Waals surface area (Å²) in [5, 5.41) is 0. The zero-order chi connectivity index (χ0) is 21.3. The number of hydrogen-bond donors (Lipinski definition) is 0. The van der Waals surface area contributed by atoms with Gasteiger partial charge in [-0.25, -0.2) is 0 Å². The molecule has 2 aromatic carbocycles. The third-order valence-corrected chi connectivity index (χ3v) is 7.31. The molecule has 1 aliphatic heterocycles. The molecule has 1 atom stereocenters. The molecule has 0 saturated carbocycles. The van der Waals surface area contributed by atoms with Crippen molar-refractivity contribution in [3.8, 4) is 5.75 Å². The Balaban J connectivity index is 1.91. The third-order valence-electron chi connectivity index (χ3n) is 5.28. The Morgan fingerprint density at radius 3 is 2.77 bits per heavy atom. The Hall–Kier alpha value is -1.79. The van der Waals surface area contributed by atoms with Crippen molar-refractivity contribution in [2.75, 3.05) is 37.2 Å². The van der Waals surface area contributed by atoms with Crippen molar-refractivity contribution in [3.05, 3.63) is 42.5 Å². The number of hydrogen-bond acceptors (Lipinski definition) is 6. The van der Waals surface area contributed by atoms with Crippen molar-refractivity contribution in [2.24, 2.45) is 5.92 Å². The first-order valence-corrected chi connectivity index (χ1v) is 12.7. The van der Waals surface area contributed by atoms with Gasteiger partial charge < -0.3 is 14.4 Å². The Labute approximate surface area is 188 Å². The zero-order valence-corrected chi connectivity index (χ0v) is 19.7. The summed E-state index contributed by atoms with van der Waals surface area (Å²) < 4.78 is 10.7. The maximum absolute atomic E-state index is 11.4.